The van der Waals surface area contributed by atoms with Crippen LogP contribution in [0.3, 0.4) is 0 Å². The van der Waals surface area contributed by atoms with E-state index < -0.39 is 0 Å². The van der Waals surface area contributed by atoms with Crippen molar-refractivity contribution in [2.75, 3.05) is 0 Å². The van der Waals surface area contributed by atoms with Crippen LogP contribution in [-0.2, 0) is 0 Å². The van der Waals surface area contributed by atoms with Crippen molar-refractivity contribution in [3.8, 4) is 67.9 Å². The maximum Gasteiger partial charge on any atom is 0.0991 e. The Morgan fingerprint density at radius 3 is 0.703 bits per heavy atom. The Balaban J connectivity index is 1.18. The van der Waals surface area contributed by atoms with Crippen LogP contribution in [0.15, 0.2) is 315 Å². The van der Waals surface area contributed by atoms with Gasteiger partial charge >= 0.3 is 0 Å². The van der Waals surface area contributed by atoms with Crippen LogP contribution in [0, 0.1) is 11.3 Å². The van der Waals surface area contributed by atoms with E-state index in [9.17, 15) is 5.26 Å². The predicted molar refractivity (Wildman–Crippen MR) is 379 cm³/mol. The minimum absolute atomic E-state index is 0.581. The van der Waals surface area contributed by atoms with Gasteiger partial charge in [0.2, 0.25) is 0 Å². The van der Waals surface area contributed by atoms with E-state index in [1.165, 1.54) is 0 Å². The summed E-state index contributed by atoms with van der Waals surface area (Å²) in [5.74, 6) is 0. The first-order valence-corrected chi connectivity index (χ1v) is 31.1. The van der Waals surface area contributed by atoms with Crippen LogP contribution in [0.25, 0.3) is 171 Å². The third kappa shape index (κ3) is 7.35. The number of hydrogen-bond acceptors (Lipinski definition) is 1. The number of nitriles is 1. The van der Waals surface area contributed by atoms with Crippen molar-refractivity contribution in [2.45, 2.75) is 0 Å². The lowest BCUT2D eigenvalue weighted by Crippen LogP contribution is -2.18. The maximum atomic E-state index is 10.7. The fourth-order valence-electron chi connectivity index (χ4n) is 15.3. The highest BCUT2D eigenvalue weighted by Gasteiger charge is 2.37. The lowest BCUT2D eigenvalue weighted by molar-refractivity contribution is 1.00. The maximum absolute atomic E-state index is 10.7. The molecule has 0 N–H and O–H groups in total. The van der Waals surface area contributed by atoms with E-state index in [2.05, 4.69) is 332 Å². The highest BCUT2D eigenvalue weighted by atomic mass is 15.2. The first-order valence-electron chi connectivity index (χ1n) is 31.1. The second-order valence-corrected chi connectivity index (χ2v) is 23.8. The summed E-state index contributed by atoms with van der Waals surface area (Å²) in [5, 5.41) is 22.1. The van der Waals surface area contributed by atoms with Gasteiger partial charge in [0.15, 0.2) is 0 Å². The van der Waals surface area contributed by atoms with Crippen molar-refractivity contribution in [2.24, 2.45) is 0 Å². The molecule has 0 saturated heterocycles. The number of para-hydroxylation sites is 8. The van der Waals surface area contributed by atoms with Gasteiger partial charge in [-0.05, 0) is 113 Å². The van der Waals surface area contributed by atoms with E-state index in [0.29, 0.717) is 5.56 Å². The molecule has 0 aliphatic heterocycles. The third-order valence-electron chi connectivity index (χ3n) is 19.1. The molecule has 5 heterocycles. The van der Waals surface area contributed by atoms with E-state index in [1.54, 1.807) is 0 Å². The van der Waals surface area contributed by atoms with Crippen LogP contribution in [0.2, 0.25) is 0 Å². The van der Waals surface area contributed by atoms with Gasteiger partial charge in [-0.15, -0.1) is 0 Å². The summed E-state index contributed by atoms with van der Waals surface area (Å²) >= 11 is 0. The first kappa shape index (κ1) is 50.7. The van der Waals surface area contributed by atoms with Gasteiger partial charge in [-0.1, -0.05) is 231 Å². The summed E-state index contributed by atoms with van der Waals surface area (Å²) in [4.78, 5) is 0. The highest BCUT2D eigenvalue weighted by Crippen LogP contribution is 2.55. The van der Waals surface area contributed by atoms with Gasteiger partial charge in [0, 0.05) is 59.4 Å². The van der Waals surface area contributed by atoms with Crippen LogP contribution in [0.1, 0.15) is 5.56 Å². The number of aromatic nitrogens is 5. The zero-order valence-electron chi connectivity index (χ0n) is 49.2. The molecule has 0 bridgehead atoms. The molecule has 91 heavy (non-hydrogen) atoms. The summed E-state index contributed by atoms with van der Waals surface area (Å²) in [6, 6.07) is 118. The number of fused-ring (bicyclic) bond motifs is 15. The molecule has 0 fully saturated rings. The Hall–Kier alpha value is -12.4. The van der Waals surface area contributed by atoms with Gasteiger partial charge in [0.1, 0.15) is 0 Å². The molecule has 0 aliphatic rings. The van der Waals surface area contributed by atoms with Gasteiger partial charge < -0.3 is 22.8 Å². The molecule has 0 unspecified atom stereocenters. The molecule has 6 heteroatoms. The Kier molecular flexibility index (Phi) is 11.0. The van der Waals surface area contributed by atoms with Gasteiger partial charge in [-0.2, -0.15) is 5.26 Å². The molecule has 422 valence electrons. The summed E-state index contributed by atoms with van der Waals surface area (Å²) in [6.07, 6.45) is 0. The SMILES string of the molecule is N#Cc1ccc(-c2c(-n3c4ccccc4c4ccccc43)c(-n3c4ccccc4c4ccccc43)c(-n3c4ccc(-c5ccccc5)cc4c4cc(-c5ccccc5)ccc43)c(-n3c4ccccc4c4ccccc43)c2-n2c3ccccc3c3ccccc32)cc1. The number of nitrogens with zero attached hydrogens (tertiary/aromatic N) is 6. The molecule has 0 atom stereocenters. The Labute approximate surface area is 523 Å². The minimum Gasteiger partial charge on any atom is -0.306 e. The Morgan fingerprint density at radius 1 is 0.187 bits per heavy atom. The molecule has 14 aromatic carbocycles. The standard InChI is InChI=1S/C85H52N6/c86-53-54-43-45-57(46-44-54)80-81(87-70-35-15-7-27-60(70)61-28-8-16-36-71(61)87)83(89-74-39-19-11-31-64(74)65-32-12-20-40-75(65)89)85(91-78-49-47-58(55-23-3-1-4-24-55)51-68(78)69-52-59(48-50-79(69)91)56-25-5-2-6-26-56)84(90-76-41-21-13-33-66(76)67-34-14-22-42-77(67)90)82(80)88-72-37-17-9-29-62(72)63-30-10-18-38-73(63)88/h1-52H. The molecular formula is C85H52N6. The lowest BCUT2D eigenvalue weighted by Gasteiger charge is -2.32. The van der Waals surface area contributed by atoms with E-state index in [0.717, 1.165) is 171 Å². The van der Waals surface area contributed by atoms with Crippen LogP contribution in [0.4, 0.5) is 0 Å². The Bertz CT molecular complexity index is 5700. The molecule has 19 rings (SSSR count). The second-order valence-electron chi connectivity index (χ2n) is 23.8. The van der Waals surface area contributed by atoms with Crippen LogP contribution >= 0.6 is 0 Å². The van der Waals surface area contributed by atoms with Gasteiger partial charge in [-0.3, -0.25) is 0 Å². The van der Waals surface area contributed by atoms with E-state index in [4.69, 9.17) is 0 Å². The zero-order chi connectivity index (χ0) is 59.8. The average molecular weight is 1160 g/mol. The summed E-state index contributed by atoms with van der Waals surface area (Å²) < 4.78 is 13.0. The van der Waals surface area contributed by atoms with Gasteiger partial charge in [-0.25, -0.2) is 0 Å². The van der Waals surface area contributed by atoms with E-state index in [1.807, 2.05) is 12.1 Å². The zero-order valence-corrected chi connectivity index (χ0v) is 49.2. The molecule has 6 nitrogen and oxygen atoms in total. The quantitative estimate of drug-likeness (QED) is 0.150. The minimum atomic E-state index is 0.581. The van der Waals surface area contributed by atoms with Gasteiger partial charge in [0.05, 0.1) is 95.2 Å². The fourth-order valence-corrected chi connectivity index (χ4v) is 15.3. The molecule has 19 aromatic rings. The largest absolute Gasteiger partial charge is 0.306 e. The van der Waals surface area contributed by atoms with Crippen molar-refractivity contribution in [1.29, 1.82) is 5.26 Å². The molecule has 0 saturated carbocycles. The van der Waals surface area contributed by atoms with Crippen LogP contribution < -0.4 is 0 Å². The average Bonchev–Trinajstić information content (AvgIpc) is 1.59. The Morgan fingerprint density at radius 2 is 0.418 bits per heavy atom. The summed E-state index contributed by atoms with van der Waals surface area (Å²) in [5.41, 5.74) is 22.6. The summed E-state index contributed by atoms with van der Waals surface area (Å²) in [6.45, 7) is 0. The van der Waals surface area contributed by atoms with E-state index in [-0.39, 0.29) is 0 Å². The summed E-state index contributed by atoms with van der Waals surface area (Å²) in [7, 11) is 0. The number of benzene rings is 14. The molecule has 0 spiro atoms. The fraction of sp³-hybridized carbons (Fsp3) is 0. The third-order valence-corrected chi connectivity index (χ3v) is 19.1. The monoisotopic (exact) mass is 1160 g/mol. The van der Waals surface area contributed by atoms with E-state index >= 15 is 0 Å². The molecule has 0 aliphatic carbocycles. The number of hydrogen-bond donors (Lipinski definition) is 0. The van der Waals surface area contributed by atoms with Crippen molar-refractivity contribution in [3.63, 3.8) is 0 Å². The first-order chi connectivity index (χ1) is 45.2. The smallest absolute Gasteiger partial charge is 0.0991 e. The van der Waals surface area contributed by atoms with Crippen LogP contribution in [-0.4, -0.2) is 22.8 Å². The van der Waals surface area contributed by atoms with Crippen molar-refractivity contribution in [1.82, 2.24) is 22.8 Å². The van der Waals surface area contributed by atoms with Crippen molar-refractivity contribution < 1.29 is 0 Å². The van der Waals surface area contributed by atoms with Gasteiger partial charge in [0.25, 0.3) is 0 Å². The normalized spacial score (nSPS) is 11.9. The van der Waals surface area contributed by atoms with Crippen molar-refractivity contribution >= 4 is 109 Å². The predicted octanol–water partition coefficient (Wildman–Crippen LogP) is 22.0. The second kappa shape index (κ2) is 19.8. The highest BCUT2D eigenvalue weighted by molar-refractivity contribution is 6.20. The van der Waals surface area contributed by atoms with Crippen LogP contribution in [0.5, 0.6) is 0 Å². The van der Waals surface area contributed by atoms with Crippen molar-refractivity contribution in [3.05, 3.63) is 321 Å². The molecule has 0 radical (unpaired) electrons. The number of rotatable bonds is 8. The molecule has 5 aromatic heterocycles. The molecular weight excluding hydrogens is 1100 g/mol. The molecule has 0 amide bonds. The topological polar surface area (TPSA) is 48.4 Å². The lowest BCUT2D eigenvalue weighted by atomic mass is 9.94.